The average Bonchev–Trinajstić information content (AvgIpc) is 3.48. The van der Waals surface area contributed by atoms with Crippen LogP contribution in [0.1, 0.15) is 23.6 Å². The van der Waals surface area contributed by atoms with E-state index in [0.717, 1.165) is 27.8 Å². The topological polar surface area (TPSA) is 18.1 Å². The van der Waals surface area contributed by atoms with Gasteiger partial charge in [-0.1, -0.05) is 67.3 Å². The Morgan fingerprint density at radius 3 is 2.24 bits per heavy atom. The van der Waals surface area contributed by atoms with Gasteiger partial charge in [-0.15, -0.1) is 0 Å². The molecule has 0 bridgehead atoms. The smallest absolute Gasteiger partial charge is 0.135 e. The van der Waals surface area contributed by atoms with Crippen LogP contribution in [0.3, 0.4) is 0 Å². The standard InChI is InChI=1S/C36H27NO/c1-4-10-25-19-30-29-20-26(27-16-18-34-31(21-27)36-23(3)11-9-14-35(36)38-34)15-17-32(29)37(28-12-7-6-8-13-28)33(30)22-24(25)5-2/h4-22H,2H2,1,3H3/b10-4-. The molecule has 2 heteroatoms. The third kappa shape index (κ3) is 3.34. The van der Waals surface area contributed by atoms with Crippen molar-refractivity contribution in [3.63, 3.8) is 0 Å². The molecule has 7 rings (SSSR count). The normalized spacial score (nSPS) is 11.9. The Balaban J connectivity index is 1.52. The van der Waals surface area contributed by atoms with Gasteiger partial charge in [0.1, 0.15) is 11.2 Å². The first-order chi connectivity index (χ1) is 18.7. The van der Waals surface area contributed by atoms with E-state index in [1.807, 2.05) is 12.1 Å². The zero-order valence-corrected chi connectivity index (χ0v) is 21.5. The van der Waals surface area contributed by atoms with E-state index < -0.39 is 0 Å². The minimum Gasteiger partial charge on any atom is -0.456 e. The number of hydrogen-bond acceptors (Lipinski definition) is 1. The minimum atomic E-state index is 0.924. The number of hydrogen-bond donors (Lipinski definition) is 0. The maximum Gasteiger partial charge on any atom is 0.135 e. The summed E-state index contributed by atoms with van der Waals surface area (Å²) in [5.41, 5.74) is 11.3. The highest BCUT2D eigenvalue weighted by atomic mass is 16.3. The first-order valence-electron chi connectivity index (χ1n) is 13.0. The highest BCUT2D eigenvalue weighted by molar-refractivity contribution is 6.12. The van der Waals surface area contributed by atoms with E-state index in [1.165, 1.54) is 49.4 Å². The van der Waals surface area contributed by atoms with Gasteiger partial charge in [-0.25, -0.2) is 0 Å². The lowest BCUT2D eigenvalue weighted by molar-refractivity contribution is 0.669. The molecule has 0 spiro atoms. The van der Waals surface area contributed by atoms with Gasteiger partial charge < -0.3 is 8.98 Å². The first-order valence-corrected chi connectivity index (χ1v) is 13.0. The maximum absolute atomic E-state index is 6.14. The van der Waals surface area contributed by atoms with E-state index in [0.29, 0.717) is 0 Å². The fraction of sp³-hybridized carbons (Fsp3) is 0.0556. The van der Waals surface area contributed by atoms with Gasteiger partial charge in [-0.2, -0.15) is 0 Å². The van der Waals surface area contributed by atoms with E-state index in [2.05, 4.69) is 128 Å². The van der Waals surface area contributed by atoms with Crippen molar-refractivity contribution in [1.29, 1.82) is 0 Å². The predicted molar refractivity (Wildman–Crippen MR) is 163 cm³/mol. The fourth-order valence-corrected chi connectivity index (χ4v) is 5.82. The van der Waals surface area contributed by atoms with Gasteiger partial charge in [0.2, 0.25) is 0 Å². The second-order valence-corrected chi connectivity index (χ2v) is 9.87. The van der Waals surface area contributed by atoms with E-state index in [-0.39, 0.29) is 0 Å². The average molecular weight is 490 g/mol. The van der Waals surface area contributed by atoms with Crippen LogP contribution in [0.2, 0.25) is 0 Å². The van der Waals surface area contributed by atoms with Crippen molar-refractivity contribution in [2.75, 3.05) is 0 Å². The van der Waals surface area contributed by atoms with Crippen molar-refractivity contribution in [3.05, 3.63) is 126 Å². The molecule has 38 heavy (non-hydrogen) atoms. The molecular formula is C36H27NO. The molecule has 182 valence electrons. The van der Waals surface area contributed by atoms with Gasteiger partial charge in [0.25, 0.3) is 0 Å². The lowest BCUT2D eigenvalue weighted by Crippen LogP contribution is -1.94. The summed E-state index contributed by atoms with van der Waals surface area (Å²) in [5.74, 6) is 0. The van der Waals surface area contributed by atoms with Gasteiger partial charge in [0, 0.05) is 27.2 Å². The molecule has 2 heterocycles. The Morgan fingerprint density at radius 1 is 0.684 bits per heavy atom. The van der Waals surface area contributed by atoms with Crippen LogP contribution in [0.4, 0.5) is 0 Å². The summed E-state index contributed by atoms with van der Waals surface area (Å²) >= 11 is 0. The zero-order valence-electron chi connectivity index (χ0n) is 21.5. The third-order valence-corrected chi connectivity index (χ3v) is 7.59. The van der Waals surface area contributed by atoms with Crippen LogP contribution in [-0.4, -0.2) is 4.57 Å². The second kappa shape index (κ2) is 8.64. The molecule has 7 aromatic rings. The van der Waals surface area contributed by atoms with E-state index in [9.17, 15) is 0 Å². The number of fused-ring (bicyclic) bond motifs is 6. The highest BCUT2D eigenvalue weighted by Crippen LogP contribution is 2.39. The highest BCUT2D eigenvalue weighted by Gasteiger charge is 2.16. The molecule has 0 saturated carbocycles. The van der Waals surface area contributed by atoms with Gasteiger partial charge in [-0.3, -0.25) is 0 Å². The number of furan rings is 1. The zero-order chi connectivity index (χ0) is 25.8. The number of nitrogens with zero attached hydrogens (tertiary/aromatic N) is 1. The molecular weight excluding hydrogens is 462 g/mol. The Kier molecular flexibility index (Phi) is 5.09. The van der Waals surface area contributed by atoms with Gasteiger partial charge >= 0.3 is 0 Å². The molecule has 0 unspecified atom stereocenters. The first kappa shape index (κ1) is 22.4. The SMILES string of the molecule is C=Cc1cc2c(cc1/C=C\C)c1cc(-c3ccc4oc5cccc(C)c5c4c3)ccc1n2-c1ccccc1. The molecule has 0 radical (unpaired) electrons. The monoisotopic (exact) mass is 489 g/mol. The Labute approximate surface area is 221 Å². The minimum absolute atomic E-state index is 0.924. The lowest BCUT2D eigenvalue weighted by Gasteiger charge is -2.09. The van der Waals surface area contributed by atoms with Crippen LogP contribution in [0, 0.1) is 6.92 Å². The van der Waals surface area contributed by atoms with Crippen molar-refractivity contribution < 1.29 is 4.42 Å². The Hall–Kier alpha value is -4.82. The molecule has 0 aliphatic heterocycles. The summed E-state index contributed by atoms with van der Waals surface area (Å²) < 4.78 is 8.50. The molecule has 0 saturated heterocycles. The molecule has 0 aliphatic carbocycles. The Bertz CT molecular complexity index is 2050. The number of aromatic nitrogens is 1. The van der Waals surface area contributed by atoms with Crippen LogP contribution >= 0.6 is 0 Å². The van der Waals surface area contributed by atoms with E-state index >= 15 is 0 Å². The van der Waals surface area contributed by atoms with Crippen molar-refractivity contribution >= 4 is 55.9 Å². The third-order valence-electron chi connectivity index (χ3n) is 7.59. The molecule has 0 fully saturated rings. The molecule has 0 N–H and O–H groups in total. The predicted octanol–water partition coefficient (Wildman–Crippen LogP) is 10.3. The summed E-state index contributed by atoms with van der Waals surface area (Å²) in [4.78, 5) is 0. The molecule has 2 aromatic heterocycles. The van der Waals surface area contributed by atoms with E-state index in [1.54, 1.807) is 0 Å². The lowest BCUT2D eigenvalue weighted by atomic mass is 9.98. The maximum atomic E-state index is 6.14. The molecule has 0 amide bonds. The molecule has 0 aliphatic rings. The molecule has 0 atom stereocenters. The Morgan fingerprint density at radius 2 is 1.45 bits per heavy atom. The van der Waals surface area contributed by atoms with Crippen LogP contribution in [0.15, 0.2) is 114 Å². The van der Waals surface area contributed by atoms with Crippen LogP contribution < -0.4 is 0 Å². The fourth-order valence-electron chi connectivity index (χ4n) is 5.82. The summed E-state index contributed by atoms with van der Waals surface area (Å²) in [6, 6.07) is 34.7. The van der Waals surface area contributed by atoms with Crippen molar-refractivity contribution in [1.82, 2.24) is 4.57 Å². The number of benzene rings is 5. The van der Waals surface area contributed by atoms with Gasteiger partial charge in [-0.05, 0) is 96.3 Å². The number of allylic oxidation sites excluding steroid dienone is 1. The van der Waals surface area contributed by atoms with Crippen LogP contribution in [-0.2, 0) is 0 Å². The van der Waals surface area contributed by atoms with Crippen LogP contribution in [0.25, 0.3) is 72.7 Å². The summed E-state index contributed by atoms with van der Waals surface area (Å²) in [6.07, 6.45) is 6.19. The second-order valence-electron chi connectivity index (χ2n) is 9.87. The number of rotatable bonds is 4. The van der Waals surface area contributed by atoms with Crippen molar-refractivity contribution in [2.45, 2.75) is 13.8 Å². The summed E-state index contributed by atoms with van der Waals surface area (Å²) in [5, 5.41) is 4.82. The quantitative estimate of drug-likeness (QED) is 0.240. The molecule has 5 aromatic carbocycles. The van der Waals surface area contributed by atoms with Gasteiger partial charge in [0.05, 0.1) is 11.0 Å². The summed E-state index contributed by atoms with van der Waals surface area (Å²) in [7, 11) is 0. The number of para-hydroxylation sites is 1. The number of aryl methyl sites for hydroxylation is 1. The largest absolute Gasteiger partial charge is 0.456 e. The molecule has 2 nitrogen and oxygen atoms in total. The van der Waals surface area contributed by atoms with Crippen LogP contribution in [0.5, 0.6) is 0 Å². The van der Waals surface area contributed by atoms with Crippen molar-refractivity contribution in [3.8, 4) is 16.8 Å². The van der Waals surface area contributed by atoms with Crippen molar-refractivity contribution in [2.24, 2.45) is 0 Å². The summed E-state index contributed by atoms with van der Waals surface area (Å²) in [6.45, 7) is 8.29. The van der Waals surface area contributed by atoms with Gasteiger partial charge in [0.15, 0.2) is 0 Å². The van der Waals surface area contributed by atoms with E-state index in [4.69, 9.17) is 4.42 Å².